The van der Waals surface area contributed by atoms with Gasteiger partial charge in [-0.25, -0.2) is 0 Å². The van der Waals surface area contributed by atoms with Crippen molar-refractivity contribution in [3.05, 3.63) is 34.2 Å². The van der Waals surface area contributed by atoms with Gasteiger partial charge in [-0.1, -0.05) is 32.4 Å². The smallest absolute Gasteiger partial charge is 0.0413 e. The first-order chi connectivity index (χ1) is 6.81. The number of aryl methyl sites for hydroxylation is 1. The Hall–Kier alpha value is -0.530. The predicted octanol–water partition coefficient (Wildman–Crippen LogP) is 5.14. The molecule has 1 aromatic carbocycles. The molecule has 0 N–H and O–H groups in total. The third-order valence-electron chi connectivity index (χ3n) is 2.00. The Morgan fingerprint density at radius 3 is 2.64 bits per heavy atom. The number of halogens is 1. The lowest BCUT2D eigenvalue weighted by Crippen LogP contribution is -1.74. The van der Waals surface area contributed by atoms with Gasteiger partial charge in [0.2, 0.25) is 0 Å². The largest absolute Gasteiger partial charge is 0.144 e. The van der Waals surface area contributed by atoms with E-state index in [1.54, 1.807) is 11.3 Å². The molecular weight excluding hydrogens is 212 g/mol. The van der Waals surface area contributed by atoms with Crippen molar-refractivity contribution in [1.29, 1.82) is 0 Å². The first-order valence-electron chi connectivity index (χ1n) is 4.97. The topological polar surface area (TPSA) is 0 Å². The highest BCUT2D eigenvalue weighted by atomic mass is 35.5. The molecule has 2 rings (SSSR count). The summed E-state index contributed by atoms with van der Waals surface area (Å²) in [5, 5.41) is 4.35. The summed E-state index contributed by atoms with van der Waals surface area (Å²) in [7, 11) is 0. The van der Waals surface area contributed by atoms with Crippen LogP contribution in [0, 0.1) is 0 Å². The summed E-state index contributed by atoms with van der Waals surface area (Å²) < 4.78 is 1.33. The van der Waals surface area contributed by atoms with E-state index in [-0.39, 0.29) is 0 Å². The number of hydrogen-bond donors (Lipinski definition) is 0. The van der Waals surface area contributed by atoms with E-state index in [0.29, 0.717) is 0 Å². The molecule has 0 atom stereocenters. The maximum absolute atomic E-state index is 5.91. The van der Waals surface area contributed by atoms with Crippen LogP contribution in [0.5, 0.6) is 0 Å². The zero-order chi connectivity index (χ0) is 10.6. The van der Waals surface area contributed by atoms with Crippen molar-refractivity contribution in [2.24, 2.45) is 0 Å². The van der Waals surface area contributed by atoms with Gasteiger partial charge < -0.3 is 0 Å². The van der Waals surface area contributed by atoms with Gasteiger partial charge in [0.25, 0.3) is 0 Å². The quantitative estimate of drug-likeness (QED) is 0.632. The molecule has 14 heavy (non-hydrogen) atoms. The van der Waals surface area contributed by atoms with Crippen LogP contribution in [0.15, 0.2) is 23.6 Å². The van der Waals surface area contributed by atoms with Crippen LogP contribution in [0.2, 0.25) is 5.02 Å². The van der Waals surface area contributed by atoms with Crippen molar-refractivity contribution in [2.75, 3.05) is 0 Å². The zero-order valence-corrected chi connectivity index (χ0v) is 10.4. The maximum Gasteiger partial charge on any atom is 0.0413 e. The lowest BCUT2D eigenvalue weighted by atomic mass is 10.1. The van der Waals surface area contributed by atoms with Gasteiger partial charge in [0.1, 0.15) is 0 Å². The van der Waals surface area contributed by atoms with Crippen molar-refractivity contribution in [3.8, 4) is 0 Å². The average Bonchev–Trinajstić information content (AvgIpc) is 2.63. The van der Waals surface area contributed by atoms with E-state index in [1.807, 2.05) is 26.0 Å². The SMILES string of the molecule is CC.CCc1csc2ccc(Cl)cc12. The van der Waals surface area contributed by atoms with Gasteiger partial charge >= 0.3 is 0 Å². The first-order valence-corrected chi connectivity index (χ1v) is 6.22. The molecule has 2 heteroatoms. The third kappa shape index (κ3) is 2.28. The van der Waals surface area contributed by atoms with Crippen molar-refractivity contribution in [1.82, 2.24) is 0 Å². The van der Waals surface area contributed by atoms with Crippen LogP contribution >= 0.6 is 22.9 Å². The molecular formula is C12H15ClS. The fraction of sp³-hybridized carbons (Fsp3) is 0.333. The summed E-state index contributed by atoms with van der Waals surface area (Å²) in [6.07, 6.45) is 1.08. The molecule has 0 bridgehead atoms. The minimum absolute atomic E-state index is 0.829. The fourth-order valence-corrected chi connectivity index (χ4v) is 2.53. The van der Waals surface area contributed by atoms with Gasteiger partial charge in [-0.2, -0.15) is 0 Å². The van der Waals surface area contributed by atoms with Gasteiger partial charge in [0.15, 0.2) is 0 Å². The molecule has 1 aromatic heterocycles. The second kappa shape index (κ2) is 5.38. The summed E-state index contributed by atoms with van der Waals surface area (Å²) in [4.78, 5) is 0. The third-order valence-corrected chi connectivity index (χ3v) is 3.24. The first kappa shape index (κ1) is 11.5. The highest BCUT2D eigenvalue weighted by molar-refractivity contribution is 7.17. The molecule has 0 saturated carbocycles. The van der Waals surface area contributed by atoms with Gasteiger partial charge in [-0.15, -0.1) is 11.3 Å². The predicted molar refractivity (Wildman–Crippen MR) is 67.6 cm³/mol. The number of benzene rings is 1. The molecule has 1 heterocycles. The van der Waals surface area contributed by atoms with E-state index in [4.69, 9.17) is 11.6 Å². The Kier molecular flexibility index (Phi) is 4.43. The lowest BCUT2D eigenvalue weighted by molar-refractivity contribution is 1.17. The Morgan fingerprint density at radius 1 is 1.29 bits per heavy atom. The normalized spacial score (nSPS) is 9.71. The van der Waals surface area contributed by atoms with E-state index >= 15 is 0 Å². The van der Waals surface area contributed by atoms with Gasteiger partial charge in [-0.3, -0.25) is 0 Å². The molecule has 0 fully saturated rings. The molecule has 0 amide bonds. The number of hydrogen-bond acceptors (Lipinski definition) is 1. The molecule has 0 aliphatic heterocycles. The monoisotopic (exact) mass is 226 g/mol. The average molecular weight is 227 g/mol. The number of rotatable bonds is 1. The van der Waals surface area contributed by atoms with Gasteiger partial charge in [-0.05, 0) is 40.9 Å². The summed E-state index contributed by atoms with van der Waals surface area (Å²) in [5.74, 6) is 0. The number of thiophene rings is 1. The van der Waals surface area contributed by atoms with E-state index in [1.165, 1.54) is 15.6 Å². The van der Waals surface area contributed by atoms with E-state index in [9.17, 15) is 0 Å². The van der Waals surface area contributed by atoms with Crippen LogP contribution in [0.4, 0.5) is 0 Å². The van der Waals surface area contributed by atoms with Crippen LogP contribution in [0.25, 0.3) is 10.1 Å². The van der Waals surface area contributed by atoms with Crippen LogP contribution < -0.4 is 0 Å². The van der Waals surface area contributed by atoms with E-state index < -0.39 is 0 Å². The van der Waals surface area contributed by atoms with Crippen molar-refractivity contribution < 1.29 is 0 Å². The highest BCUT2D eigenvalue weighted by Crippen LogP contribution is 2.28. The molecule has 0 aliphatic carbocycles. The minimum atomic E-state index is 0.829. The molecule has 0 nitrogen and oxygen atoms in total. The van der Waals surface area contributed by atoms with Crippen molar-refractivity contribution in [3.63, 3.8) is 0 Å². The molecule has 0 aliphatic rings. The number of fused-ring (bicyclic) bond motifs is 1. The van der Waals surface area contributed by atoms with Crippen LogP contribution in [-0.4, -0.2) is 0 Å². The molecule has 0 radical (unpaired) electrons. The molecule has 0 unspecified atom stereocenters. The van der Waals surface area contributed by atoms with Gasteiger partial charge in [0.05, 0.1) is 0 Å². The van der Waals surface area contributed by atoms with Crippen LogP contribution in [0.3, 0.4) is 0 Å². The second-order valence-corrected chi connectivity index (χ2v) is 4.10. The van der Waals surface area contributed by atoms with E-state index in [2.05, 4.69) is 18.4 Å². The Balaban J connectivity index is 0.000000461. The van der Waals surface area contributed by atoms with Crippen LogP contribution in [-0.2, 0) is 6.42 Å². The van der Waals surface area contributed by atoms with Crippen molar-refractivity contribution in [2.45, 2.75) is 27.2 Å². The summed E-state index contributed by atoms with van der Waals surface area (Å²) in [5.41, 5.74) is 1.40. The minimum Gasteiger partial charge on any atom is -0.144 e. The standard InChI is InChI=1S/C10H9ClS.C2H6/c1-2-7-6-12-10-4-3-8(11)5-9(7)10;1-2/h3-6H,2H2,1H3;1-2H3. The van der Waals surface area contributed by atoms with Gasteiger partial charge in [0, 0.05) is 9.72 Å². The fourth-order valence-electron chi connectivity index (χ4n) is 1.33. The van der Waals surface area contributed by atoms with E-state index in [0.717, 1.165) is 11.4 Å². The Morgan fingerprint density at radius 2 is 2.00 bits per heavy atom. The van der Waals surface area contributed by atoms with Crippen LogP contribution in [0.1, 0.15) is 26.3 Å². The summed E-state index contributed by atoms with van der Waals surface area (Å²) in [6, 6.07) is 6.08. The summed E-state index contributed by atoms with van der Waals surface area (Å²) >= 11 is 7.70. The Bertz CT molecular complexity index is 404. The Labute approximate surface area is 94.5 Å². The molecule has 0 saturated heterocycles. The van der Waals surface area contributed by atoms with Crippen molar-refractivity contribution >= 4 is 33.0 Å². The highest BCUT2D eigenvalue weighted by Gasteiger charge is 2.01. The lowest BCUT2D eigenvalue weighted by Gasteiger charge is -1.94. The molecule has 2 aromatic rings. The maximum atomic E-state index is 5.91. The molecule has 76 valence electrons. The molecule has 0 spiro atoms. The summed E-state index contributed by atoms with van der Waals surface area (Å²) in [6.45, 7) is 6.17. The zero-order valence-electron chi connectivity index (χ0n) is 8.80. The second-order valence-electron chi connectivity index (χ2n) is 2.75.